The molecule has 3 rings (SSSR count). The predicted octanol–water partition coefficient (Wildman–Crippen LogP) is 4.92. The van der Waals surface area contributed by atoms with Gasteiger partial charge in [-0.3, -0.25) is 9.59 Å². The van der Waals surface area contributed by atoms with Crippen LogP contribution < -0.4 is 4.90 Å². The molecule has 1 amide bonds. The highest BCUT2D eigenvalue weighted by Gasteiger charge is 2.37. The zero-order valence-electron chi connectivity index (χ0n) is 17.5. The lowest BCUT2D eigenvalue weighted by Crippen LogP contribution is -2.42. The first kappa shape index (κ1) is 20.3. The zero-order chi connectivity index (χ0) is 20.5. The lowest BCUT2D eigenvalue weighted by Gasteiger charge is -2.39. The molecule has 4 heteroatoms. The summed E-state index contributed by atoms with van der Waals surface area (Å²) in [5.41, 5.74) is 5.50. The number of carbonyl (C=O) groups excluding carboxylic acids is 2. The van der Waals surface area contributed by atoms with Crippen LogP contribution in [0.5, 0.6) is 0 Å². The van der Waals surface area contributed by atoms with E-state index >= 15 is 0 Å². The number of ether oxygens (including phenoxy) is 1. The third-order valence-electron chi connectivity index (χ3n) is 5.52. The monoisotopic (exact) mass is 379 g/mol. The van der Waals surface area contributed by atoms with Crippen LogP contribution in [0.3, 0.4) is 0 Å². The summed E-state index contributed by atoms with van der Waals surface area (Å²) >= 11 is 0. The summed E-state index contributed by atoms with van der Waals surface area (Å²) in [7, 11) is 1.66. The summed E-state index contributed by atoms with van der Waals surface area (Å²) in [6.45, 7) is 9.03. The van der Waals surface area contributed by atoms with Crippen molar-refractivity contribution >= 4 is 17.4 Å². The Bertz CT molecular complexity index is 897. The van der Waals surface area contributed by atoms with Crippen molar-refractivity contribution in [1.29, 1.82) is 0 Å². The van der Waals surface area contributed by atoms with Crippen LogP contribution in [0.4, 0.5) is 5.69 Å². The Hall–Kier alpha value is -2.46. The van der Waals surface area contributed by atoms with Gasteiger partial charge in [0, 0.05) is 43.3 Å². The fourth-order valence-corrected chi connectivity index (χ4v) is 3.93. The minimum Gasteiger partial charge on any atom is -0.385 e. The van der Waals surface area contributed by atoms with E-state index in [1.165, 1.54) is 5.56 Å². The van der Waals surface area contributed by atoms with E-state index in [1.54, 1.807) is 14.0 Å². The number of nitrogens with zero attached hydrogens (tertiary/aromatic N) is 1. The molecule has 2 aromatic carbocycles. The standard InChI is InChI=1S/C24H29NO3/c1-16-7-9-18(10-8-16)20-13-21-22(14-19(20)17(2)26)25(11-6-12-28-5)23(27)15-24(21,3)4/h7-10,13-14H,6,11-12,15H2,1-5H3. The average Bonchev–Trinajstić information content (AvgIpc) is 2.63. The van der Waals surface area contributed by atoms with Crippen LogP contribution >= 0.6 is 0 Å². The maximum absolute atomic E-state index is 12.8. The van der Waals surface area contributed by atoms with Gasteiger partial charge in [0.15, 0.2) is 5.78 Å². The van der Waals surface area contributed by atoms with Crippen molar-refractivity contribution in [2.75, 3.05) is 25.2 Å². The van der Waals surface area contributed by atoms with Crippen LogP contribution in [0, 0.1) is 6.92 Å². The molecule has 1 aliphatic rings. The van der Waals surface area contributed by atoms with Gasteiger partial charge in [-0.05, 0) is 49.1 Å². The normalized spacial score (nSPS) is 15.5. The molecule has 0 radical (unpaired) electrons. The Labute approximate surface area is 167 Å². The van der Waals surface area contributed by atoms with Crippen molar-refractivity contribution in [3.63, 3.8) is 0 Å². The van der Waals surface area contributed by atoms with E-state index in [1.807, 2.05) is 11.0 Å². The number of hydrogen-bond donors (Lipinski definition) is 0. The summed E-state index contributed by atoms with van der Waals surface area (Å²) in [5, 5.41) is 0. The number of carbonyl (C=O) groups is 2. The lowest BCUT2D eigenvalue weighted by atomic mass is 9.75. The van der Waals surface area contributed by atoms with E-state index in [0.29, 0.717) is 25.1 Å². The third kappa shape index (κ3) is 3.88. The number of methoxy groups -OCH3 is 1. The molecule has 0 unspecified atom stereocenters. The van der Waals surface area contributed by atoms with Gasteiger partial charge in [-0.1, -0.05) is 43.7 Å². The Morgan fingerprint density at radius 2 is 1.86 bits per heavy atom. The number of amides is 1. The van der Waals surface area contributed by atoms with Crippen molar-refractivity contribution < 1.29 is 14.3 Å². The third-order valence-corrected chi connectivity index (χ3v) is 5.52. The molecule has 0 N–H and O–H groups in total. The highest BCUT2D eigenvalue weighted by molar-refractivity contribution is 6.05. The van der Waals surface area contributed by atoms with Crippen molar-refractivity contribution in [3.05, 3.63) is 53.1 Å². The van der Waals surface area contributed by atoms with Gasteiger partial charge < -0.3 is 9.64 Å². The first-order valence-corrected chi connectivity index (χ1v) is 9.80. The molecule has 0 saturated carbocycles. The van der Waals surface area contributed by atoms with Gasteiger partial charge in [0.1, 0.15) is 0 Å². The number of aryl methyl sites for hydroxylation is 1. The van der Waals surface area contributed by atoms with E-state index in [2.05, 4.69) is 51.1 Å². The molecule has 28 heavy (non-hydrogen) atoms. The fourth-order valence-electron chi connectivity index (χ4n) is 3.93. The molecule has 1 heterocycles. The zero-order valence-corrected chi connectivity index (χ0v) is 17.5. The van der Waals surface area contributed by atoms with Crippen LogP contribution in [0.25, 0.3) is 11.1 Å². The minimum atomic E-state index is -0.279. The topological polar surface area (TPSA) is 46.6 Å². The molecule has 0 spiro atoms. The Kier molecular flexibility index (Phi) is 5.71. The highest BCUT2D eigenvalue weighted by Crippen LogP contribution is 2.43. The summed E-state index contributed by atoms with van der Waals surface area (Å²) in [6.07, 6.45) is 1.22. The molecule has 0 aromatic heterocycles. The second-order valence-electron chi connectivity index (χ2n) is 8.29. The van der Waals surface area contributed by atoms with E-state index in [-0.39, 0.29) is 17.1 Å². The first-order valence-electron chi connectivity index (χ1n) is 9.80. The van der Waals surface area contributed by atoms with E-state index < -0.39 is 0 Å². The summed E-state index contributed by atoms with van der Waals surface area (Å²) in [5.74, 6) is 0.109. The quantitative estimate of drug-likeness (QED) is 0.529. The van der Waals surface area contributed by atoms with Crippen molar-refractivity contribution in [2.45, 2.75) is 46.0 Å². The highest BCUT2D eigenvalue weighted by atomic mass is 16.5. The second kappa shape index (κ2) is 7.88. The average molecular weight is 380 g/mol. The molecule has 148 valence electrons. The number of benzene rings is 2. The number of Topliss-reactive ketones (excluding diaryl/α,β-unsaturated/α-hetero) is 1. The van der Waals surface area contributed by atoms with Gasteiger partial charge in [0.25, 0.3) is 0 Å². The molecular formula is C24H29NO3. The van der Waals surface area contributed by atoms with Gasteiger partial charge >= 0.3 is 0 Å². The first-order chi connectivity index (χ1) is 13.2. The summed E-state index contributed by atoms with van der Waals surface area (Å²) in [4.78, 5) is 27.1. The van der Waals surface area contributed by atoms with E-state index in [9.17, 15) is 9.59 Å². The maximum Gasteiger partial charge on any atom is 0.227 e. The van der Waals surface area contributed by atoms with Gasteiger partial charge in [-0.25, -0.2) is 0 Å². The van der Waals surface area contributed by atoms with Crippen molar-refractivity contribution in [3.8, 4) is 11.1 Å². The molecule has 0 aliphatic carbocycles. The van der Waals surface area contributed by atoms with Gasteiger partial charge in [0.05, 0.1) is 0 Å². The SMILES string of the molecule is COCCCN1C(=O)CC(C)(C)c2cc(-c3ccc(C)cc3)c(C(C)=O)cc21. The molecule has 0 bridgehead atoms. The van der Waals surface area contributed by atoms with Gasteiger partial charge in [0.2, 0.25) is 5.91 Å². The lowest BCUT2D eigenvalue weighted by molar-refractivity contribution is -0.120. The van der Waals surface area contributed by atoms with Gasteiger partial charge in [-0.15, -0.1) is 0 Å². The van der Waals surface area contributed by atoms with Crippen molar-refractivity contribution in [2.24, 2.45) is 0 Å². The van der Waals surface area contributed by atoms with Gasteiger partial charge in [-0.2, -0.15) is 0 Å². The van der Waals surface area contributed by atoms with Crippen LogP contribution in [0.1, 0.15) is 55.1 Å². The Morgan fingerprint density at radius 3 is 2.46 bits per heavy atom. The van der Waals surface area contributed by atoms with Crippen LogP contribution in [-0.4, -0.2) is 32.0 Å². The number of hydrogen-bond acceptors (Lipinski definition) is 3. The summed E-state index contributed by atoms with van der Waals surface area (Å²) < 4.78 is 5.15. The molecule has 0 atom stereocenters. The largest absolute Gasteiger partial charge is 0.385 e. The predicted molar refractivity (Wildman–Crippen MR) is 113 cm³/mol. The van der Waals surface area contributed by atoms with Crippen LogP contribution in [0.2, 0.25) is 0 Å². The number of rotatable bonds is 6. The van der Waals surface area contributed by atoms with E-state index in [0.717, 1.165) is 28.8 Å². The fraction of sp³-hybridized carbons (Fsp3) is 0.417. The smallest absolute Gasteiger partial charge is 0.227 e. The summed E-state index contributed by atoms with van der Waals surface area (Å²) in [6, 6.07) is 12.3. The number of anilines is 1. The molecule has 4 nitrogen and oxygen atoms in total. The molecule has 1 aliphatic heterocycles. The van der Waals surface area contributed by atoms with E-state index in [4.69, 9.17) is 4.74 Å². The molecular weight excluding hydrogens is 350 g/mol. The molecule has 0 fully saturated rings. The number of fused-ring (bicyclic) bond motifs is 1. The second-order valence-corrected chi connectivity index (χ2v) is 8.29. The Morgan fingerprint density at radius 1 is 1.18 bits per heavy atom. The number of ketones is 1. The van der Waals surface area contributed by atoms with Crippen molar-refractivity contribution in [1.82, 2.24) is 0 Å². The van der Waals surface area contributed by atoms with Crippen LogP contribution in [0.15, 0.2) is 36.4 Å². The molecule has 2 aromatic rings. The maximum atomic E-state index is 12.8. The Balaban J connectivity index is 2.17. The van der Waals surface area contributed by atoms with Crippen LogP contribution in [-0.2, 0) is 14.9 Å². The molecule has 0 saturated heterocycles. The minimum absolute atomic E-state index is 0.00560.